The maximum Gasteiger partial charge on any atom is 0.231 e. The van der Waals surface area contributed by atoms with Gasteiger partial charge in [0.15, 0.2) is 5.76 Å². The van der Waals surface area contributed by atoms with Gasteiger partial charge in [-0.3, -0.25) is 4.79 Å². The fourth-order valence-electron chi connectivity index (χ4n) is 3.40. The summed E-state index contributed by atoms with van der Waals surface area (Å²) in [6.07, 6.45) is 3.60. The number of carbonyl (C=O) groups is 1. The summed E-state index contributed by atoms with van der Waals surface area (Å²) in [4.78, 5) is 12.7. The Balaban J connectivity index is 1.47. The molecule has 3 aromatic carbocycles. The first-order valence-corrected chi connectivity index (χ1v) is 10.4. The van der Waals surface area contributed by atoms with Crippen molar-refractivity contribution in [3.63, 3.8) is 0 Å². The summed E-state index contributed by atoms with van der Waals surface area (Å²) in [5.41, 5.74) is 4.95. The van der Waals surface area contributed by atoms with Crippen LogP contribution in [-0.2, 0) is 12.0 Å². The Bertz CT molecular complexity index is 1140. The second-order valence-electron chi connectivity index (χ2n) is 8.70. The number of benzene rings is 3. The molecule has 0 unspecified atom stereocenters. The molecule has 0 N–H and O–H groups in total. The Morgan fingerprint density at radius 3 is 2.26 bits per heavy atom. The number of fused-ring (bicyclic) bond motifs is 1. The van der Waals surface area contributed by atoms with E-state index >= 15 is 0 Å². The van der Waals surface area contributed by atoms with Crippen LogP contribution in [0.5, 0.6) is 11.5 Å². The maximum absolute atomic E-state index is 12.7. The van der Waals surface area contributed by atoms with Gasteiger partial charge in [0.1, 0.15) is 18.1 Å². The summed E-state index contributed by atoms with van der Waals surface area (Å²) in [6.45, 7) is 10.7. The van der Waals surface area contributed by atoms with Crippen molar-refractivity contribution in [2.75, 3.05) is 0 Å². The number of hydrogen-bond acceptors (Lipinski definition) is 3. The Kier molecular flexibility index (Phi) is 5.51. The summed E-state index contributed by atoms with van der Waals surface area (Å²) in [5, 5.41) is 0. The summed E-state index contributed by atoms with van der Waals surface area (Å²) in [6, 6.07) is 21.6. The molecule has 0 radical (unpaired) electrons. The van der Waals surface area contributed by atoms with Gasteiger partial charge in [-0.05, 0) is 45.9 Å². The molecule has 0 amide bonds. The van der Waals surface area contributed by atoms with E-state index in [9.17, 15) is 4.79 Å². The summed E-state index contributed by atoms with van der Waals surface area (Å²) in [7, 11) is 0. The molecular formula is C28H26O3. The van der Waals surface area contributed by atoms with Crippen molar-refractivity contribution in [3.8, 4) is 11.5 Å². The molecule has 3 aromatic rings. The number of hydrogen-bond donors (Lipinski definition) is 0. The zero-order valence-electron chi connectivity index (χ0n) is 18.1. The van der Waals surface area contributed by atoms with Crippen LogP contribution in [0.2, 0.25) is 0 Å². The molecule has 4 rings (SSSR count). The van der Waals surface area contributed by atoms with Crippen LogP contribution in [0, 0.1) is 0 Å². The van der Waals surface area contributed by atoms with E-state index in [2.05, 4.69) is 39.5 Å². The second-order valence-corrected chi connectivity index (χ2v) is 8.70. The van der Waals surface area contributed by atoms with Gasteiger partial charge in [-0.2, -0.15) is 0 Å². The topological polar surface area (TPSA) is 35.5 Å². The first-order valence-electron chi connectivity index (χ1n) is 10.4. The van der Waals surface area contributed by atoms with Crippen LogP contribution in [0.3, 0.4) is 0 Å². The number of ether oxygens (including phenoxy) is 2. The fraction of sp³-hybridized carbons (Fsp3) is 0.179. The van der Waals surface area contributed by atoms with Gasteiger partial charge < -0.3 is 9.47 Å². The molecule has 31 heavy (non-hydrogen) atoms. The SMILES string of the molecule is C=Cc1ccc(COc2ccc3c(c2)O/C(=C\c2ccc(C(C)(C)C)cc2)C3=O)cc1. The van der Waals surface area contributed by atoms with Crippen LogP contribution in [0.4, 0.5) is 0 Å². The Morgan fingerprint density at radius 1 is 0.935 bits per heavy atom. The van der Waals surface area contributed by atoms with Crippen LogP contribution in [0.25, 0.3) is 12.2 Å². The van der Waals surface area contributed by atoms with Gasteiger partial charge in [0.05, 0.1) is 5.56 Å². The van der Waals surface area contributed by atoms with Crippen LogP contribution < -0.4 is 9.47 Å². The molecule has 156 valence electrons. The highest BCUT2D eigenvalue weighted by Crippen LogP contribution is 2.35. The summed E-state index contributed by atoms with van der Waals surface area (Å²) in [5.74, 6) is 1.41. The third kappa shape index (κ3) is 4.61. The molecule has 1 aliphatic heterocycles. The maximum atomic E-state index is 12.7. The molecule has 0 saturated heterocycles. The number of Topliss-reactive ketones (excluding diaryl/α,β-unsaturated/α-hetero) is 1. The van der Waals surface area contributed by atoms with E-state index in [1.54, 1.807) is 24.3 Å². The fourth-order valence-corrected chi connectivity index (χ4v) is 3.40. The van der Waals surface area contributed by atoms with E-state index in [1.807, 2.05) is 42.5 Å². The van der Waals surface area contributed by atoms with Crippen molar-refractivity contribution in [2.45, 2.75) is 32.8 Å². The molecule has 1 heterocycles. The lowest BCUT2D eigenvalue weighted by Gasteiger charge is -2.18. The van der Waals surface area contributed by atoms with Crippen molar-refractivity contribution < 1.29 is 14.3 Å². The molecule has 0 atom stereocenters. The van der Waals surface area contributed by atoms with Gasteiger partial charge in [-0.1, -0.05) is 82.0 Å². The van der Waals surface area contributed by atoms with Gasteiger partial charge >= 0.3 is 0 Å². The zero-order valence-corrected chi connectivity index (χ0v) is 18.1. The number of allylic oxidation sites excluding steroid dienone is 1. The molecule has 3 heteroatoms. The Morgan fingerprint density at radius 2 is 1.61 bits per heavy atom. The summed E-state index contributed by atoms with van der Waals surface area (Å²) < 4.78 is 11.8. The highest BCUT2D eigenvalue weighted by molar-refractivity contribution is 6.14. The largest absolute Gasteiger partial charge is 0.489 e. The molecule has 0 bridgehead atoms. The lowest BCUT2D eigenvalue weighted by atomic mass is 9.86. The lowest BCUT2D eigenvalue weighted by Crippen LogP contribution is -2.10. The van der Waals surface area contributed by atoms with E-state index in [0.717, 1.165) is 16.7 Å². The minimum atomic E-state index is -0.110. The molecule has 0 aliphatic carbocycles. The van der Waals surface area contributed by atoms with Crippen LogP contribution >= 0.6 is 0 Å². The molecule has 0 aromatic heterocycles. The highest BCUT2D eigenvalue weighted by Gasteiger charge is 2.27. The predicted octanol–water partition coefficient (Wildman–Crippen LogP) is 6.82. The molecule has 1 aliphatic rings. The molecule has 0 saturated carbocycles. The normalized spacial score (nSPS) is 14.3. The third-order valence-electron chi connectivity index (χ3n) is 5.34. The van der Waals surface area contributed by atoms with Crippen molar-refractivity contribution in [1.82, 2.24) is 0 Å². The van der Waals surface area contributed by atoms with Gasteiger partial charge in [0, 0.05) is 6.07 Å². The number of ketones is 1. The predicted molar refractivity (Wildman–Crippen MR) is 125 cm³/mol. The van der Waals surface area contributed by atoms with Crippen molar-refractivity contribution >= 4 is 17.9 Å². The van der Waals surface area contributed by atoms with Gasteiger partial charge in [-0.25, -0.2) is 0 Å². The van der Waals surface area contributed by atoms with E-state index in [-0.39, 0.29) is 11.2 Å². The van der Waals surface area contributed by atoms with Gasteiger partial charge in [-0.15, -0.1) is 0 Å². The minimum Gasteiger partial charge on any atom is -0.489 e. The van der Waals surface area contributed by atoms with Crippen molar-refractivity contribution in [3.05, 3.63) is 107 Å². The molecule has 3 nitrogen and oxygen atoms in total. The average molecular weight is 411 g/mol. The van der Waals surface area contributed by atoms with Crippen LogP contribution in [-0.4, -0.2) is 5.78 Å². The quantitative estimate of drug-likeness (QED) is 0.433. The van der Waals surface area contributed by atoms with E-state index < -0.39 is 0 Å². The first kappa shape index (κ1) is 20.7. The van der Waals surface area contributed by atoms with Gasteiger partial charge in [0.2, 0.25) is 5.78 Å². The third-order valence-corrected chi connectivity index (χ3v) is 5.34. The molecule has 0 spiro atoms. The zero-order chi connectivity index (χ0) is 22.0. The highest BCUT2D eigenvalue weighted by atomic mass is 16.5. The number of carbonyl (C=O) groups excluding carboxylic acids is 1. The molecule has 0 fully saturated rings. The van der Waals surface area contributed by atoms with Crippen molar-refractivity contribution in [1.29, 1.82) is 0 Å². The summed E-state index contributed by atoms with van der Waals surface area (Å²) >= 11 is 0. The van der Waals surface area contributed by atoms with Crippen LogP contribution in [0.1, 0.15) is 53.4 Å². The van der Waals surface area contributed by atoms with Crippen molar-refractivity contribution in [2.24, 2.45) is 0 Å². The lowest BCUT2D eigenvalue weighted by molar-refractivity contribution is 0.101. The first-order chi connectivity index (χ1) is 14.8. The Labute approximate surface area is 183 Å². The number of rotatable bonds is 5. The monoisotopic (exact) mass is 410 g/mol. The van der Waals surface area contributed by atoms with E-state index in [0.29, 0.717) is 29.4 Å². The second kappa shape index (κ2) is 8.27. The smallest absolute Gasteiger partial charge is 0.231 e. The van der Waals surface area contributed by atoms with Gasteiger partial charge in [0.25, 0.3) is 0 Å². The van der Waals surface area contributed by atoms with E-state index in [4.69, 9.17) is 9.47 Å². The Hall–Kier alpha value is -3.59. The molecular weight excluding hydrogens is 384 g/mol. The standard InChI is InChI=1S/C28H26O3/c1-5-19-6-8-21(9-7-19)18-30-23-14-15-24-25(17-23)31-26(27(24)29)16-20-10-12-22(13-11-20)28(2,3)4/h5-17H,1,18H2,2-4H3/b26-16-. The minimum absolute atomic E-state index is 0.0890. The average Bonchev–Trinajstić information content (AvgIpc) is 3.07. The van der Waals surface area contributed by atoms with Crippen LogP contribution in [0.15, 0.2) is 79.1 Å². The van der Waals surface area contributed by atoms with E-state index in [1.165, 1.54) is 5.56 Å².